The van der Waals surface area contributed by atoms with Crippen molar-refractivity contribution in [3.05, 3.63) is 28.2 Å². The Balaban J connectivity index is 2.51. The average Bonchev–Trinajstić information content (AvgIpc) is 2.59. The molecule has 2 heterocycles. The van der Waals surface area contributed by atoms with E-state index in [4.69, 9.17) is 15.3 Å². The van der Waals surface area contributed by atoms with Crippen LogP contribution >= 0.6 is 0 Å². The fourth-order valence-electron chi connectivity index (χ4n) is 1.90. The van der Waals surface area contributed by atoms with E-state index in [9.17, 15) is 18.7 Å². The summed E-state index contributed by atoms with van der Waals surface area (Å²) in [6, 6.07) is 1.15. The van der Waals surface area contributed by atoms with Crippen molar-refractivity contribution in [2.24, 2.45) is 7.05 Å². The zero-order valence-corrected chi connectivity index (χ0v) is 9.96. The van der Waals surface area contributed by atoms with Crippen molar-refractivity contribution < 1.29 is 23.7 Å². The highest BCUT2D eigenvalue weighted by atomic mass is 19.3. The van der Waals surface area contributed by atoms with Crippen LogP contribution in [0.25, 0.3) is 0 Å². The molecule has 3 atom stereocenters. The van der Waals surface area contributed by atoms with Crippen LogP contribution in [0.15, 0.2) is 17.1 Å². The maximum atomic E-state index is 13.8. The van der Waals surface area contributed by atoms with Gasteiger partial charge in [-0.1, -0.05) is 0 Å². The topological polar surface area (TPSA) is 100 Å². The fourth-order valence-corrected chi connectivity index (χ4v) is 1.90. The molecular formula is C10H13F2N3O4. The van der Waals surface area contributed by atoms with Crippen LogP contribution in [-0.4, -0.2) is 44.1 Å². The van der Waals surface area contributed by atoms with E-state index in [1.807, 2.05) is 0 Å². The molecule has 106 valence electrons. The Morgan fingerprint density at radius 1 is 1.58 bits per heavy atom. The molecule has 0 bridgehead atoms. The molecule has 0 amide bonds. The molecule has 1 aliphatic rings. The Labute approximate surface area is 105 Å². The first-order valence-corrected chi connectivity index (χ1v) is 5.45. The van der Waals surface area contributed by atoms with Gasteiger partial charge < -0.3 is 14.9 Å². The number of halogens is 2. The highest BCUT2D eigenvalue weighted by molar-refractivity contribution is 4.98. The van der Waals surface area contributed by atoms with Gasteiger partial charge >= 0.3 is 11.6 Å². The summed E-state index contributed by atoms with van der Waals surface area (Å²) in [7, 11) is 1.26. The number of alkyl halides is 2. The van der Waals surface area contributed by atoms with E-state index in [1.165, 1.54) is 7.05 Å². The van der Waals surface area contributed by atoms with E-state index in [1.54, 1.807) is 0 Å². The quantitative estimate of drug-likeness (QED) is 0.616. The number of rotatable bonds is 2. The molecule has 0 aromatic carbocycles. The number of nitrogens with one attached hydrogen (secondary N) is 1. The number of hydrogen-bond donors (Lipinski definition) is 3. The van der Waals surface area contributed by atoms with Crippen LogP contribution in [0.5, 0.6) is 0 Å². The lowest BCUT2D eigenvalue weighted by molar-refractivity contribution is -0.141. The minimum atomic E-state index is -3.71. The van der Waals surface area contributed by atoms with Gasteiger partial charge in [-0.25, -0.2) is 4.79 Å². The first kappa shape index (κ1) is 13.8. The Morgan fingerprint density at radius 3 is 2.74 bits per heavy atom. The summed E-state index contributed by atoms with van der Waals surface area (Å²) in [5, 5.41) is 25.6. The van der Waals surface area contributed by atoms with Crippen LogP contribution in [0.4, 0.5) is 8.78 Å². The van der Waals surface area contributed by atoms with Gasteiger partial charge in [0.2, 0.25) is 6.23 Å². The van der Waals surface area contributed by atoms with Gasteiger partial charge in [-0.05, 0) is 6.07 Å². The van der Waals surface area contributed by atoms with E-state index in [0.717, 1.165) is 16.8 Å². The maximum absolute atomic E-state index is 13.8. The van der Waals surface area contributed by atoms with Crippen molar-refractivity contribution in [2.75, 3.05) is 6.61 Å². The molecule has 1 aromatic rings. The molecule has 1 saturated heterocycles. The lowest BCUT2D eigenvalue weighted by atomic mass is 10.1. The van der Waals surface area contributed by atoms with E-state index in [2.05, 4.69) is 0 Å². The number of aliphatic hydroxyl groups excluding tert-OH is 2. The molecule has 3 N–H and O–H groups in total. The monoisotopic (exact) mass is 277 g/mol. The normalized spacial score (nSPS) is 29.6. The van der Waals surface area contributed by atoms with Gasteiger partial charge in [0, 0.05) is 13.2 Å². The van der Waals surface area contributed by atoms with Gasteiger partial charge in [-0.15, -0.1) is 0 Å². The second-order valence-corrected chi connectivity index (χ2v) is 4.28. The van der Waals surface area contributed by atoms with Crippen LogP contribution in [0.2, 0.25) is 0 Å². The highest BCUT2D eigenvalue weighted by Crippen LogP contribution is 2.41. The summed E-state index contributed by atoms with van der Waals surface area (Å²) in [6.45, 7) is -0.787. The second-order valence-electron chi connectivity index (χ2n) is 4.28. The summed E-state index contributed by atoms with van der Waals surface area (Å²) in [6.07, 6.45) is -4.68. The summed E-state index contributed by atoms with van der Waals surface area (Å²) < 4.78 is 34.0. The number of aliphatic hydroxyl groups is 2. The standard InChI is InChI=1S/C10H13F2N3O4/c1-14-6(13)2-3-15(9(14)18)8-10(11,12)7(17)5(4-16)19-8/h2-3,5,7-8,13,16-17H,4H2,1H3. The zero-order valence-electron chi connectivity index (χ0n) is 9.96. The lowest BCUT2D eigenvalue weighted by Crippen LogP contribution is -2.45. The van der Waals surface area contributed by atoms with Gasteiger partial charge in [-0.3, -0.25) is 14.5 Å². The van der Waals surface area contributed by atoms with Crippen LogP contribution in [0, 0.1) is 5.41 Å². The third-order valence-corrected chi connectivity index (χ3v) is 3.07. The van der Waals surface area contributed by atoms with Crippen LogP contribution in [0.3, 0.4) is 0 Å². The van der Waals surface area contributed by atoms with Crippen LogP contribution < -0.4 is 11.2 Å². The van der Waals surface area contributed by atoms with Gasteiger partial charge in [0.1, 0.15) is 11.6 Å². The largest absolute Gasteiger partial charge is 0.394 e. The molecule has 0 spiro atoms. The Morgan fingerprint density at radius 2 is 2.21 bits per heavy atom. The van der Waals surface area contributed by atoms with Gasteiger partial charge in [0.15, 0.2) is 6.10 Å². The molecule has 19 heavy (non-hydrogen) atoms. The summed E-state index contributed by atoms with van der Waals surface area (Å²) in [5.41, 5.74) is -1.02. The minimum Gasteiger partial charge on any atom is -0.394 e. The van der Waals surface area contributed by atoms with Crippen molar-refractivity contribution >= 4 is 0 Å². The Hall–Kier alpha value is -1.58. The predicted octanol–water partition coefficient (Wildman–Crippen LogP) is -1.45. The molecule has 1 aliphatic heterocycles. The maximum Gasteiger partial charge on any atom is 0.331 e. The molecule has 7 nitrogen and oxygen atoms in total. The van der Waals surface area contributed by atoms with E-state index < -0.39 is 36.7 Å². The van der Waals surface area contributed by atoms with Crippen molar-refractivity contribution in [1.29, 1.82) is 5.41 Å². The van der Waals surface area contributed by atoms with Crippen LogP contribution in [-0.2, 0) is 11.8 Å². The highest BCUT2D eigenvalue weighted by Gasteiger charge is 2.59. The van der Waals surface area contributed by atoms with Crippen molar-refractivity contribution in [3.63, 3.8) is 0 Å². The average molecular weight is 277 g/mol. The molecule has 1 aromatic heterocycles. The molecule has 2 rings (SSSR count). The number of hydrogen-bond acceptors (Lipinski definition) is 5. The molecular weight excluding hydrogens is 264 g/mol. The van der Waals surface area contributed by atoms with E-state index in [-0.39, 0.29) is 5.49 Å². The van der Waals surface area contributed by atoms with Crippen molar-refractivity contribution in [2.45, 2.75) is 24.4 Å². The second kappa shape index (κ2) is 4.51. The molecule has 1 fully saturated rings. The van der Waals surface area contributed by atoms with Gasteiger partial charge in [0.25, 0.3) is 0 Å². The molecule has 9 heteroatoms. The molecule has 0 aliphatic carbocycles. The number of aromatic nitrogens is 2. The van der Waals surface area contributed by atoms with Crippen LogP contribution in [0.1, 0.15) is 6.23 Å². The van der Waals surface area contributed by atoms with Crippen molar-refractivity contribution in [3.8, 4) is 0 Å². The first-order valence-electron chi connectivity index (χ1n) is 5.45. The lowest BCUT2D eigenvalue weighted by Gasteiger charge is -2.21. The van der Waals surface area contributed by atoms with E-state index in [0.29, 0.717) is 4.57 Å². The summed E-state index contributed by atoms with van der Waals surface area (Å²) >= 11 is 0. The van der Waals surface area contributed by atoms with Crippen molar-refractivity contribution in [1.82, 2.24) is 9.13 Å². The zero-order chi connectivity index (χ0) is 14.4. The fraction of sp³-hybridized carbons (Fsp3) is 0.600. The molecule has 0 saturated carbocycles. The third-order valence-electron chi connectivity index (χ3n) is 3.07. The predicted molar refractivity (Wildman–Crippen MR) is 57.5 cm³/mol. The Kier molecular flexibility index (Phi) is 3.29. The molecule has 0 radical (unpaired) electrons. The van der Waals surface area contributed by atoms with E-state index >= 15 is 0 Å². The van der Waals surface area contributed by atoms with Gasteiger partial charge in [-0.2, -0.15) is 8.78 Å². The SMILES string of the molecule is Cn1c(=N)ccn(C2OC(CO)C(O)C2(F)F)c1=O. The summed E-state index contributed by atoms with van der Waals surface area (Å²) in [4.78, 5) is 11.8. The minimum absolute atomic E-state index is 0.151. The third kappa shape index (κ3) is 1.99. The smallest absolute Gasteiger partial charge is 0.331 e. The summed E-state index contributed by atoms with van der Waals surface area (Å²) in [5.74, 6) is -3.71. The number of nitrogens with zero attached hydrogens (tertiary/aromatic N) is 2. The number of ether oxygens (including phenoxy) is 1. The Bertz CT molecular complexity index is 597. The molecule has 3 unspecified atom stereocenters. The van der Waals surface area contributed by atoms with Gasteiger partial charge in [0.05, 0.1) is 6.61 Å². The first-order chi connectivity index (χ1) is 8.80.